The quantitative estimate of drug-likeness (QED) is 0.574. The number of rotatable bonds is 6. The average Bonchev–Trinajstić information content (AvgIpc) is 3.25. The molecule has 9 nitrogen and oxygen atoms in total. The molecule has 3 aromatic heterocycles. The topological polar surface area (TPSA) is 118 Å². The molecule has 3 atom stereocenters. The van der Waals surface area contributed by atoms with Crippen molar-refractivity contribution < 1.29 is 0 Å². The Labute approximate surface area is 174 Å². The number of nitrogens with one attached hydrogen (secondary N) is 3. The van der Waals surface area contributed by atoms with Crippen molar-refractivity contribution in [3.63, 3.8) is 0 Å². The molecule has 9 heteroatoms. The van der Waals surface area contributed by atoms with Gasteiger partial charge in [-0.25, -0.2) is 4.98 Å². The standard InChI is InChI=1S/C21H25N9/c1-13-10-18(29-28-13)25-20-17-4-2-8-23-19(17)26-21(27-20)24-14-11-15-5-6-16(12-14)30(15)9-3-7-22/h2,4,8,10,14-16H,3,5-6,9,11-12H2,1H3,(H3,23,24,25,26,27,28,29)/t14?,15-,16?/m0/s1. The highest BCUT2D eigenvalue weighted by atomic mass is 15.3. The first-order valence-electron chi connectivity index (χ1n) is 10.5. The molecule has 0 radical (unpaired) electrons. The highest BCUT2D eigenvalue weighted by molar-refractivity contribution is 5.89. The summed E-state index contributed by atoms with van der Waals surface area (Å²) < 4.78 is 0. The number of pyridine rings is 1. The van der Waals surface area contributed by atoms with E-state index in [2.05, 4.69) is 41.8 Å². The van der Waals surface area contributed by atoms with Gasteiger partial charge < -0.3 is 10.6 Å². The van der Waals surface area contributed by atoms with Gasteiger partial charge in [0.25, 0.3) is 0 Å². The van der Waals surface area contributed by atoms with E-state index in [9.17, 15) is 0 Å². The van der Waals surface area contributed by atoms with Gasteiger partial charge in [0, 0.05) is 49.0 Å². The van der Waals surface area contributed by atoms with Crippen molar-refractivity contribution in [2.75, 3.05) is 17.2 Å². The first-order valence-corrected chi connectivity index (χ1v) is 10.5. The molecule has 5 rings (SSSR count). The number of aromatic amines is 1. The molecule has 0 aliphatic carbocycles. The second-order valence-corrected chi connectivity index (χ2v) is 8.18. The van der Waals surface area contributed by atoms with Crippen LogP contribution in [0.1, 0.15) is 37.8 Å². The molecule has 0 aromatic carbocycles. The van der Waals surface area contributed by atoms with Crippen molar-refractivity contribution in [3.05, 3.63) is 30.1 Å². The Morgan fingerprint density at radius 2 is 2.10 bits per heavy atom. The highest BCUT2D eigenvalue weighted by Crippen LogP contribution is 2.36. The van der Waals surface area contributed by atoms with Gasteiger partial charge in [0.2, 0.25) is 5.95 Å². The number of nitriles is 1. The number of piperidine rings is 1. The fourth-order valence-electron chi connectivity index (χ4n) is 4.84. The van der Waals surface area contributed by atoms with Gasteiger partial charge in [-0.2, -0.15) is 20.3 Å². The Morgan fingerprint density at radius 1 is 1.27 bits per heavy atom. The van der Waals surface area contributed by atoms with Crippen LogP contribution < -0.4 is 10.6 Å². The molecule has 2 unspecified atom stereocenters. The summed E-state index contributed by atoms with van der Waals surface area (Å²) in [7, 11) is 0. The van der Waals surface area contributed by atoms with Gasteiger partial charge >= 0.3 is 0 Å². The predicted molar refractivity (Wildman–Crippen MR) is 114 cm³/mol. The van der Waals surface area contributed by atoms with E-state index in [1.807, 2.05) is 25.1 Å². The number of hydrogen-bond donors (Lipinski definition) is 3. The zero-order valence-electron chi connectivity index (χ0n) is 17.0. The lowest BCUT2D eigenvalue weighted by atomic mass is 9.97. The fourth-order valence-corrected chi connectivity index (χ4v) is 4.84. The lowest BCUT2D eigenvalue weighted by molar-refractivity contribution is 0.135. The molecule has 2 fully saturated rings. The van der Waals surface area contributed by atoms with E-state index in [0.717, 1.165) is 30.5 Å². The molecule has 0 amide bonds. The lowest BCUT2D eigenvalue weighted by Gasteiger charge is -2.38. The van der Waals surface area contributed by atoms with Crippen LogP contribution in [0.3, 0.4) is 0 Å². The number of aromatic nitrogens is 5. The number of nitrogens with zero attached hydrogens (tertiary/aromatic N) is 6. The zero-order chi connectivity index (χ0) is 20.5. The Bertz CT molecular complexity index is 1070. The molecule has 2 bridgehead atoms. The Morgan fingerprint density at radius 3 is 2.83 bits per heavy atom. The van der Waals surface area contributed by atoms with Crippen molar-refractivity contribution in [1.82, 2.24) is 30.0 Å². The number of hydrogen-bond acceptors (Lipinski definition) is 8. The van der Waals surface area contributed by atoms with Crippen LogP contribution in [0.2, 0.25) is 0 Å². The van der Waals surface area contributed by atoms with E-state index in [4.69, 9.17) is 10.2 Å². The molecule has 0 saturated carbocycles. The van der Waals surface area contributed by atoms with E-state index in [-0.39, 0.29) is 0 Å². The van der Waals surface area contributed by atoms with Crippen LogP contribution in [0.25, 0.3) is 11.0 Å². The number of H-pyrrole nitrogens is 1. The summed E-state index contributed by atoms with van der Waals surface area (Å²) in [5.74, 6) is 1.99. The first kappa shape index (κ1) is 18.8. The normalized spacial score (nSPS) is 23.4. The third-order valence-corrected chi connectivity index (χ3v) is 6.12. The predicted octanol–water partition coefficient (Wildman–Crippen LogP) is 3.12. The summed E-state index contributed by atoms with van der Waals surface area (Å²) in [6.07, 6.45) is 6.86. The maximum absolute atomic E-state index is 8.93. The minimum Gasteiger partial charge on any atom is -0.351 e. The van der Waals surface area contributed by atoms with Gasteiger partial charge in [0.15, 0.2) is 11.5 Å². The van der Waals surface area contributed by atoms with E-state index < -0.39 is 0 Å². The second kappa shape index (κ2) is 7.88. The maximum Gasteiger partial charge on any atom is 0.226 e. The van der Waals surface area contributed by atoms with Gasteiger partial charge in [0.1, 0.15) is 5.82 Å². The van der Waals surface area contributed by atoms with Crippen molar-refractivity contribution in [2.24, 2.45) is 0 Å². The molecule has 5 heterocycles. The number of anilines is 3. The summed E-state index contributed by atoms with van der Waals surface area (Å²) in [6.45, 7) is 2.84. The lowest BCUT2D eigenvalue weighted by Crippen LogP contribution is -2.47. The summed E-state index contributed by atoms with van der Waals surface area (Å²) in [5, 5.41) is 23.8. The smallest absolute Gasteiger partial charge is 0.226 e. The van der Waals surface area contributed by atoms with E-state index in [0.29, 0.717) is 47.8 Å². The van der Waals surface area contributed by atoms with Gasteiger partial charge in [0.05, 0.1) is 11.5 Å². The van der Waals surface area contributed by atoms with Crippen LogP contribution in [0.4, 0.5) is 17.6 Å². The third kappa shape index (κ3) is 3.66. The van der Waals surface area contributed by atoms with Gasteiger partial charge in [-0.15, -0.1) is 0 Å². The van der Waals surface area contributed by atoms with Crippen LogP contribution in [0.5, 0.6) is 0 Å². The van der Waals surface area contributed by atoms with Crippen LogP contribution in [-0.2, 0) is 0 Å². The van der Waals surface area contributed by atoms with Crippen LogP contribution in [-0.4, -0.2) is 54.7 Å². The van der Waals surface area contributed by atoms with E-state index >= 15 is 0 Å². The number of fused-ring (bicyclic) bond motifs is 3. The zero-order valence-corrected chi connectivity index (χ0v) is 17.0. The molecule has 2 saturated heterocycles. The molecular weight excluding hydrogens is 378 g/mol. The SMILES string of the molecule is Cc1cc(Nc2nc(NC3CC4CC[C@@H](C3)N4CCC#N)nc3ncccc23)n[nH]1. The van der Waals surface area contributed by atoms with Crippen LogP contribution in [0, 0.1) is 18.3 Å². The molecule has 0 spiro atoms. The largest absolute Gasteiger partial charge is 0.351 e. The number of aryl methyl sites for hydroxylation is 1. The molecule has 154 valence electrons. The van der Waals surface area contributed by atoms with Gasteiger partial charge in [-0.1, -0.05) is 0 Å². The monoisotopic (exact) mass is 403 g/mol. The van der Waals surface area contributed by atoms with Gasteiger partial charge in [-0.05, 0) is 44.7 Å². The summed E-state index contributed by atoms with van der Waals surface area (Å²) in [6, 6.07) is 9.46. The van der Waals surface area contributed by atoms with Crippen LogP contribution >= 0.6 is 0 Å². The highest BCUT2D eigenvalue weighted by Gasteiger charge is 2.40. The Hall–Kier alpha value is -3.25. The fraction of sp³-hybridized carbons (Fsp3) is 0.476. The molecular formula is C21H25N9. The average molecular weight is 403 g/mol. The Kier molecular flexibility index (Phi) is 4.93. The summed E-state index contributed by atoms with van der Waals surface area (Å²) in [5.41, 5.74) is 1.63. The Balaban J connectivity index is 1.37. The van der Waals surface area contributed by atoms with Crippen LogP contribution in [0.15, 0.2) is 24.4 Å². The van der Waals surface area contributed by atoms with Crippen molar-refractivity contribution in [3.8, 4) is 6.07 Å². The second-order valence-electron chi connectivity index (χ2n) is 8.18. The van der Waals surface area contributed by atoms with Gasteiger partial charge in [-0.3, -0.25) is 10.00 Å². The molecule has 2 aliphatic rings. The van der Waals surface area contributed by atoms with Crippen molar-refractivity contribution in [2.45, 2.75) is 57.2 Å². The molecule has 3 aromatic rings. The minimum atomic E-state index is 0.322. The maximum atomic E-state index is 8.93. The summed E-state index contributed by atoms with van der Waals surface area (Å²) >= 11 is 0. The molecule has 30 heavy (non-hydrogen) atoms. The first-order chi connectivity index (χ1) is 14.7. The molecule has 2 aliphatic heterocycles. The van der Waals surface area contributed by atoms with Crippen molar-refractivity contribution in [1.29, 1.82) is 5.26 Å². The molecule has 3 N–H and O–H groups in total. The van der Waals surface area contributed by atoms with Crippen molar-refractivity contribution >= 4 is 28.6 Å². The minimum absolute atomic E-state index is 0.322. The summed E-state index contributed by atoms with van der Waals surface area (Å²) in [4.78, 5) is 16.4. The van der Waals surface area contributed by atoms with E-state index in [1.165, 1.54) is 12.8 Å². The van der Waals surface area contributed by atoms with E-state index in [1.54, 1.807) is 6.20 Å². The third-order valence-electron chi connectivity index (χ3n) is 6.12.